The van der Waals surface area contributed by atoms with Crippen LogP contribution in [0.15, 0.2) is 102 Å². The smallest absolute Gasteiger partial charge is 0.264 e. The first-order valence-corrected chi connectivity index (χ1v) is 18.1. The zero-order valence-electron chi connectivity index (χ0n) is 28.0. The Morgan fingerprint density at radius 1 is 0.857 bits per heavy atom. The first-order valence-electron chi connectivity index (χ1n) is 16.3. The first kappa shape index (κ1) is 35.8. The Morgan fingerprint density at radius 3 is 2.14 bits per heavy atom. The molecule has 0 unspecified atom stereocenters. The van der Waals surface area contributed by atoms with E-state index in [1.54, 1.807) is 24.3 Å². The number of aryl methyl sites for hydroxylation is 1. The number of nitrogens with one attached hydrogen (secondary N) is 1. The normalized spacial score (nSPS) is 13.8. The highest BCUT2D eigenvalue weighted by Gasteiger charge is 2.36. The average molecular weight is 704 g/mol. The summed E-state index contributed by atoms with van der Waals surface area (Å²) in [5, 5.41) is 3.60. The number of nitrogens with zero attached hydrogens (tertiary/aromatic N) is 2. The molecule has 1 fully saturated rings. The Balaban J connectivity index is 1.57. The van der Waals surface area contributed by atoms with Crippen molar-refractivity contribution in [2.75, 3.05) is 25.1 Å². The van der Waals surface area contributed by atoms with Crippen molar-refractivity contribution in [1.82, 2.24) is 10.2 Å². The molecular formula is C38H42ClN3O6S. The number of hydrogen-bond donors (Lipinski definition) is 1. The summed E-state index contributed by atoms with van der Waals surface area (Å²) >= 11 is 6.18. The van der Waals surface area contributed by atoms with Crippen LogP contribution >= 0.6 is 11.6 Å². The number of benzene rings is 4. The van der Waals surface area contributed by atoms with Crippen LogP contribution in [0.2, 0.25) is 5.02 Å². The van der Waals surface area contributed by atoms with Gasteiger partial charge < -0.3 is 19.7 Å². The third-order valence-corrected chi connectivity index (χ3v) is 10.8. The summed E-state index contributed by atoms with van der Waals surface area (Å²) in [6, 6.07) is 26.9. The molecule has 4 aromatic rings. The van der Waals surface area contributed by atoms with Gasteiger partial charge in [0.05, 0.1) is 24.8 Å². The fraction of sp³-hybridized carbons (Fsp3) is 0.316. The van der Waals surface area contributed by atoms with Crippen molar-refractivity contribution in [3.63, 3.8) is 0 Å². The molecule has 258 valence electrons. The van der Waals surface area contributed by atoms with Gasteiger partial charge in [0.1, 0.15) is 12.6 Å². The van der Waals surface area contributed by atoms with Crippen molar-refractivity contribution in [3.05, 3.63) is 119 Å². The van der Waals surface area contributed by atoms with E-state index in [1.807, 2.05) is 61.5 Å². The topological polar surface area (TPSA) is 105 Å². The molecule has 5 rings (SSSR count). The molecule has 1 N–H and O–H groups in total. The third kappa shape index (κ3) is 8.93. The number of carbonyl (C=O) groups is 2. The minimum atomic E-state index is -4.35. The Morgan fingerprint density at radius 2 is 1.51 bits per heavy atom. The zero-order valence-corrected chi connectivity index (χ0v) is 29.5. The van der Waals surface area contributed by atoms with Gasteiger partial charge >= 0.3 is 0 Å². The molecule has 0 bridgehead atoms. The molecule has 0 aromatic heterocycles. The first-order chi connectivity index (χ1) is 23.6. The summed E-state index contributed by atoms with van der Waals surface area (Å²) < 4.78 is 40.6. The number of rotatable bonds is 14. The number of ether oxygens (including phenoxy) is 2. The Kier molecular flexibility index (Phi) is 11.9. The van der Waals surface area contributed by atoms with Gasteiger partial charge in [-0.3, -0.25) is 13.9 Å². The monoisotopic (exact) mass is 703 g/mol. The number of anilines is 1. The van der Waals surface area contributed by atoms with Crippen LogP contribution in [0.5, 0.6) is 11.5 Å². The maximum Gasteiger partial charge on any atom is 0.264 e. The molecule has 0 radical (unpaired) electrons. The molecule has 1 aliphatic carbocycles. The van der Waals surface area contributed by atoms with Crippen LogP contribution in [0.3, 0.4) is 0 Å². The molecule has 1 saturated carbocycles. The fourth-order valence-corrected chi connectivity index (χ4v) is 7.61. The van der Waals surface area contributed by atoms with Crippen molar-refractivity contribution in [1.29, 1.82) is 0 Å². The number of amides is 2. The lowest BCUT2D eigenvalue weighted by molar-refractivity contribution is -0.140. The lowest BCUT2D eigenvalue weighted by atomic mass is 10.0. The lowest BCUT2D eigenvalue weighted by Crippen LogP contribution is -2.54. The predicted octanol–water partition coefficient (Wildman–Crippen LogP) is 6.56. The molecule has 1 atom stereocenters. The van der Waals surface area contributed by atoms with Crippen molar-refractivity contribution < 1.29 is 27.5 Å². The number of hydrogen-bond acceptors (Lipinski definition) is 6. The minimum absolute atomic E-state index is 0.0260. The summed E-state index contributed by atoms with van der Waals surface area (Å²) in [6.07, 6.45) is 4.07. The Hall–Kier alpha value is -4.54. The van der Waals surface area contributed by atoms with Gasteiger partial charge in [0.25, 0.3) is 10.0 Å². The van der Waals surface area contributed by atoms with Gasteiger partial charge in [0, 0.05) is 30.1 Å². The van der Waals surface area contributed by atoms with Crippen molar-refractivity contribution >= 4 is 39.1 Å². The molecule has 1 aliphatic rings. The van der Waals surface area contributed by atoms with E-state index >= 15 is 0 Å². The van der Waals surface area contributed by atoms with Crippen LogP contribution in [-0.2, 0) is 32.6 Å². The summed E-state index contributed by atoms with van der Waals surface area (Å²) in [7, 11) is -1.47. The van der Waals surface area contributed by atoms with Crippen molar-refractivity contribution in [2.45, 2.75) is 62.6 Å². The van der Waals surface area contributed by atoms with E-state index in [0.717, 1.165) is 46.7 Å². The third-order valence-electron chi connectivity index (χ3n) is 8.78. The number of methoxy groups -OCH3 is 2. The molecular weight excluding hydrogens is 662 g/mol. The Bertz CT molecular complexity index is 1830. The summed E-state index contributed by atoms with van der Waals surface area (Å²) in [4.78, 5) is 30.3. The van der Waals surface area contributed by atoms with E-state index in [9.17, 15) is 18.0 Å². The fourth-order valence-electron chi connectivity index (χ4n) is 6.05. The standard InChI is InChI=1S/C38H42ClN3O6S/c1-27-13-15-29(16-14-27)25-41(34(23-28-9-5-4-6-10-28)38(44)40-31-11-7-8-12-31)37(43)26-42(32-19-17-30(39)18-20-32)49(45,46)33-21-22-35(47-2)36(24-33)48-3/h4-6,9-10,13-22,24,31,34H,7-8,11-12,23,25-26H2,1-3H3,(H,40,44)/t34-/m0/s1. The maximum absolute atomic E-state index is 14.7. The second-order valence-corrected chi connectivity index (χ2v) is 14.5. The highest BCUT2D eigenvalue weighted by atomic mass is 35.5. The number of halogens is 1. The molecule has 4 aromatic carbocycles. The van der Waals surface area contributed by atoms with Crippen LogP contribution in [0.4, 0.5) is 5.69 Å². The molecule has 11 heteroatoms. The number of carbonyl (C=O) groups excluding carboxylic acids is 2. The number of sulfonamides is 1. The molecule has 0 aliphatic heterocycles. The van der Waals surface area contributed by atoms with Crippen LogP contribution in [-0.4, -0.2) is 58.0 Å². The average Bonchev–Trinajstić information content (AvgIpc) is 3.63. The highest BCUT2D eigenvalue weighted by molar-refractivity contribution is 7.92. The van der Waals surface area contributed by atoms with Gasteiger partial charge in [-0.1, -0.05) is 84.6 Å². The van der Waals surface area contributed by atoms with E-state index < -0.39 is 28.5 Å². The van der Waals surface area contributed by atoms with Gasteiger partial charge in [-0.05, 0) is 67.3 Å². The predicted molar refractivity (Wildman–Crippen MR) is 192 cm³/mol. The van der Waals surface area contributed by atoms with Gasteiger partial charge in [0.2, 0.25) is 11.8 Å². The molecule has 0 saturated heterocycles. The summed E-state index contributed by atoms with van der Waals surface area (Å²) in [5.41, 5.74) is 2.98. The van der Waals surface area contributed by atoms with Gasteiger partial charge in [-0.25, -0.2) is 8.42 Å². The van der Waals surface area contributed by atoms with Crippen LogP contribution in [0.1, 0.15) is 42.4 Å². The van der Waals surface area contributed by atoms with Crippen molar-refractivity contribution in [2.24, 2.45) is 0 Å². The second-order valence-electron chi connectivity index (χ2n) is 12.2. The van der Waals surface area contributed by atoms with Gasteiger partial charge in [-0.2, -0.15) is 0 Å². The van der Waals surface area contributed by atoms with Crippen LogP contribution < -0.4 is 19.1 Å². The van der Waals surface area contributed by atoms with E-state index in [2.05, 4.69) is 5.32 Å². The SMILES string of the molecule is COc1ccc(S(=O)(=O)N(CC(=O)N(Cc2ccc(C)cc2)[C@@H](Cc2ccccc2)C(=O)NC2CCCC2)c2ccc(Cl)cc2)cc1OC. The van der Waals surface area contributed by atoms with Crippen LogP contribution in [0, 0.1) is 6.92 Å². The molecule has 49 heavy (non-hydrogen) atoms. The van der Waals surface area contributed by atoms with E-state index in [1.165, 1.54) is 37.3 Å². The molecule has 0 heterocycles. The quantitative estimate of drug-likeness (QED) is 0.160. The maximum atomic E-state index is 14.7. The molecule has 2 amide bonds. The second kappa shape index (κ2) is 16.2. The van der Waals surface area contributed by atoms with E-state index in [-0.39, 0.29) is 41.2 Å². The summed E-state index contributed by atoms with van der Waals surface area (Å²) in [5.74, 6) is -0.227. The summed E-state index contributed by atoms with van der Waals surface area (Å²) in [6.45, 7) is 1.49. The van der Waals surface area contributed by atoms with Crippen molar-refractivity contribution in [3.8, 4) is 11.5 Å². The minimum Gasteiger partial charge on any atom is -0.493 e. The highest BCUT2D eigenvalue weighted by Crippen LogP contribution is 2.33. The van der Waals surface area contributed by atoms with Gasteiger partial charge in [-0.15, -0.1) is 0 Å². The molecule has 0 spiro atoms. The van der Waals surface area contributed by atoms with E-state index in [4.69, 9.17) is 21.1 Å². The molecule has 9 nitrogen and oxygen atoms in total. The van der Waals surface area contributed by atoms with E-state index in [0.29, 0.717) is 10.8 Å². The van der Waals surface area contributed by atoms with Gasteiger partial charge in [0.15, 0.2) is 11.5 Å². The zero-order chi connectivity index (χ0) is 35.0. The van der Waals surface area contributed by atoms with Crippen LogP contribution in [0.25, 0.3) is 0 Å². The lowest BCUT2D eigenvalue weighted by Gasteiger charge is -2.34. The largest absolute Gasteiger partial charge is 0.493 e. The Labute approximate surface area is 293 Å².